The molecule has 0 spiro atoms. The van der Waals surface area contributed by atoms with E-state index in [1.165, 1.54) is 11.3 Å². The summed E-state index contributed by atoms with van der Waals surface area (Å²) in [6.45, 7) is 5.74. The summed E-state index contributed by atoms with van der Waals surface area (Å²) in [6.07, 6.45) is -0.206. The van der Waals surface area contributed by atoms with E-state index in [1.807, 2.05) is 0 Å². The van der Waals surface area contributed by atoms with Crippen molar-refractivity contribution in [1.82, 2.24) is 5.32 Å². The molecule has 0 aliphatic rings. The molecule has 0 aliphatic heterocycles. The van der Waals surface area contributed by atoms with Crippen LogP contribution < -0.4 is 5.32 Å². The van der Waals surface area contributed by atoms with Gasteiger partial charge >= 0.3 is 12.1 Å². The fraction of sp³-hybridized carbons (Fsp3) is 0.471. The average molecular weight is 351 g/mol. The van der Waals surface area contributed by atoms with E-state index >= 15 is 0 Å². The number of amides is 1. The average Bonchev–Trinajstić information content (AvgIpc) is 2.91. The molecular weight excluding hydrogens is 330 g/mol. The van der Waals surface area contributed by atoms with Gasteiger partial charge in [0.15, 0.2) is 5.78 Å². The monoisotopic (exact) mass is 351 g/mol. The van der Waals surface area contributed by atoms with Gasteiger partial charge in [-0.1, -0.05) is 11.8 Å². The summed E-state index contributed by atoms with van der Waals surface area (Å²) in [5, 5.41) is 11.2. The van der Waals surface area contributed by atoms with Gasteiger partial charge in [0.1, 0.15) is 5.60 Å². The van der Waals surface area contributed by atoms with E-state index < -0.39 is 17.7 Å². The fourth-order valence-electron chi connectivity index (χ4n) is 1.59. The molecule has 0 unspecified atom stereocenters. The van der Waals surface area contributed by atoms with Crippen LogP contribution in [0.5, 0.6) is 0 Å². The van der Waals surface area contributed by atoms with Gasteiger partial charge in [-0.15, -0.1) is 11.3 Å². The molecule has 0 bridgehead atoms. The summed E-state index contributed by atoms with van der Waals surface area (Å²) in [5.74, 6) is 4.64. The van der Waals surface area contributed by atoms with Crippen LogP contribution in [0.4, 0.5) is 4.79 Å². The zero-order valence-corrected chi connectivity index (χ0v) is 14.8. The highest BCUT2D eigenvalue weighted by molar-refractivity contribution is 7.14. The van der Waals surface area contributed by atoms with Crippen LogP contribution in [0.15, 0.2) is 12.1 Å². The molecule has 1 rings (SSSR count). The van der Waals surface area contributed by atoms with Gasteiger partial charge in [-0.3, -0.25) is 9.59 Å². The van der Waals surface area contributed by atoms with E-state index in [0.717, 1.165) is 4.88 Å². The minimum atomic E-state index is -0.989. The van der Waals surface area contributed by atoms with Gasteiger partial charge in [0.05, 0.1) is 16.2 Å². The summed E-state index contributed by atoms with van der Waals surface area (Å²) >= 11 is 1.24. The number of carbonyl (C=O) groups excluding carboxylic acids is 2. The molecule has 0 radical (unpaired) electrons. The number of rotatable bonds is 6. The first-order chi connectivity index (χ1) is 11.2. The molecule has 7 heteroatoms. The number of thiophene rings is 1. The minimum Gasteiger partial charge on any atom is -0.481 e. The van der Waals surface area contributed by atoms with Crippen LogP contribution in [0.2, 0.25) is 0 Å². The maximum absolute atomic E-state index is 11.8. The first-order valence-electron chi connectivity index (χ1n) is 7.48. The van der Waals surface area contributed by atoms with Gasteiger partial charge in [0, 0.05) is 19.4 Å². The first kappa shape index (κ1) is 19.7. The lowest BCUT2D eigenvalue weighted by Crippen LogP contribution is -2.32. The third-order valence-electron chi connectivity index (χ3n) is 2.58. The third kappa shape index (κ3) is 8.34. The van der Waals surface area contributed by atoms with Crippen molar-refractivity contribution in [1.29, 1.82) is 0 Å². The molecule has 0 aromatic carbocycles. The minimum absolute atomic E-state index is 0.0114. The number of carboxylic acids is 1. The normalized spacial score (nSPS) is 10.5. The predicted octanol–water partition coefficient (Wildman–Crippen LogP) is 3.06. The third-order valence-corrected chi connectivity index (χ3v) is 3.62. The van der Waals surface area contributed by atoms with E-state index in [-0.39, 0.29) is 18.6 Å². The Balaban J connectivity index is 2.38. The number of nitrogens with one attached hydrogen (secondary N) is 1. The smallest absolute Gasteiger partial charge is 0.407 e. The SMILES string of the molecule is CC(C)(C)OC(=O)NCCC#Cc1ccc(C(=O)CCC(=O)O)s1. The number of ketones is 1. The Labute approximate surface area is 145 Å². The van der Waals surface area contributed by atoms with Gasteiger partial charge in [0.2, 0.25) is 0 Å². The Morgan fingerprint density at radius 1 is 1.25 bits per heavy atom. The van der Waals surface area contributed by atoms with Crippen molar-refractivity contribution in [3.8, 4) is 11.8 Å². The molecule has 0 saturated carbocycles. The van der Waals surface area contributed by atoms with E-state index in [1.54, 1.807) is 32.9 Å². The van der Waals surface area contributed by atoms with Crippen LogP contribution in [0.25, 0.3) is 0 Å². The second-order valence-electron chi connectivity index (χ2n) is 5.96. The van der Waals surface area contributed by atoms with Crippen molar-refractivity contribution in [2.45, 2.75) is 45.6 Å². The van der Waals surface area contributed by atoms with Crippen LogP contribution >= 0.6 is 11.3 Å². The number of carboxylic acid groups (broad SMARTS) is 1. The molecule has 130 valence electrons. The Morgan fingerprint density at radius 2 is 1.96 bits per heavy atom. The number of hydrogen-bond donors (Lipinski definition) is 2. The van der Waals surface area contributed by atoms with Gasteiger partial charge < -0.3 is 15.2 Å². The maximum atomic E-state index is 11.8. The molecule has 1 amide bonds. The fourth-order valence-corrected chi connectivity index (χ4v) is 2.44. The molecule has 0 saturated heterocycles. The molecule has 0 aliphatic carbocycles. The summed E-state index contributed by atoms with van der Waals surface area (Å²) in [7, 11) is 0. The topological polar surface area (TPSA) is 92.7 Å². The van der Waals surface area contributed by atoms with Crippen LogP contribution in [-0.4, -0.2) is 35.1 Å². The predicted molar refractivity (Wildman–Crippen MR) is 91.3 cm³/mol. The van der Waals surface area contributed by atoms with E-state index in [9.17, 15) is 14.4 Å². The zero-order valence-electron chi connectivity index (χ0n) is 14.0. The van der Waals surface area contributed by atoms with Gasteiger partial charge in [-0.05, 0) is 32.9 Å². The molecule has 1 aromatic heterocycles. The van der Waals surface area contributed by atoms with E-state index in [0.29, 0.717) is 17.8 Å². The first-order valence-corrected chi connectivity index (χ1v) is 8.29. The van der Waals surface area contributed by atoms with Gasteiger partial charge in [-0.25, -0.2) is 4.79 Å². The van der Waals surface area contributed by atoms with Crippen molar-refractivity contribution >= 4 is 29.2 Å². The number of carbonyl (C=O) groups is 3. The molecule has 24 heavy (non-hydrogen) atoms. The number of ether oxygens (including phenoxy) is 1. The van der Waals surface area contributed by atoms with E-state index in [4.69, 9.17) is 9.84 Å². The highest BCUT2D eigenvalue weighted by Crippen LogP contribution is 2.17. The standard InChI is InChI=1S/C17H21NO5S/c1-17(2,3)23-16(22)18-11-5-4-6-12-7-9-14(24-12)13(19)8-10-15(20)21/h7,9H,5,8,10-11H2,1-3H3,(H,18,22)(H,20,21). The Bertz CT molecular complexity index is 661. The summed E-state index contributed by atoms with van der Waals surface area (Å²) in [5.41, 5.74) is -0.531. The number of Topliss-reactive ketones (excluding diaryl/α,β-unsaturated/α-hetero) is 1. The number of aliphatic carboxylic acids is 1. The lowest BCUT2D eigenvalue weighted by Gasteiger charge is -2.19. The number of alkyl carbamates (subject to hydrolysis) is 1. The largest absolute Gasteiger partial charge is 0.481 e. The summed E-state index contributed by atoms with van der Waals surface area (Å²) in [4.78, 5) is 34.9. The molecule has 0 fully saturated rings. The second kappa shape index (κ2) is 9.08. The van der Waals surface area contributed by atoms with E-state index in [2.05, 4.69) is 17.2 Å². The number of hydrogen-bond acceptors (Lipinski definition) is 5. The molecule has 2 N–H and O–H groups in total. The van der Waals surface area contributed by atoms with Crippen LogP contribution in [0, 0.1) is 11.8 Å². The van der Waals surface area contributed by atoms with Gasteiger partial charge in [-0.2, -0.15) is 0 Å². The molecule has 1 heterocycles. The maximum Gasteiger partial charge on any atom is 0.407 e. The van der Waals surface area contributed by atoms with Crippen LogP contribution in [0.3, 0.4) is 0 Å². The zero-order chi connectivity index (χ0) is 18.2. The summed E-state index contributed by atoms with van der Waals surface area (Å²) < 4.78 is 5.10. The molecule has 0 atom stereocenters. The highest BCUT2D eigenvalue weighted by Gasteiger charge is 2.15. The van der Waals surface area contributed by atoms with Crippen molar-refractivity contribution in [2.24, 2.45) is 0 Å². The lowest BCUT2D eigenvalue weighted by atomic mass is 10.2. The van der Waals surface area contributed by atoms with Crippen molar-refractivity contribution in [2.75, 3.05) is 6.54 Å². The van der Waals surface area contributed by atoms with Crippen LogP contribution in [-0.2, 0) is 9.53 Å². The second-order valence-corrected chi connectivity index (χ2v) is 7.05. The van der Waals surface area contributed by atoms with Crippen LogP contribution in [0.1, 0.15) is 54.6 Å². The van der Waals surface area contributed by atoms with Gasteiger partial charge in [0.25, 0.3) is 0 Å². The van der Waals surface area contributed by atoms with Crippen molar-refractivity contribution in [3.63, 3.8) is 0 Å². The van der Waals surface area contributed by atoms with Crippen molar-refractivity contribution in [3.05, 3.63) is 21.9 Å². The molecule has 6 nitrogen and oxygen atoms in total. The van der Waals surface area contributed by atoms with Crippen molar-refractivity contribution < 1.29 is 24.2 Å². The molecular formula is C17H21NO5S. The Kier molecular flexibility index (Phi) is 7.46. The quantitative estimate of drug-likeness (QED) is 0.467. The molecule has 1 aromatic rings. The summed E-state index contributed by atoms with van der Waals surface area (Å²) in [6, 6.07) is 3.38. The Morgan fingerprint density at radius 3 is 2.58 bits per heavy atom. The Hall–Kier alpha value is -2.33. The highest BCUT2D eigenvalue weighted by atomic mass is 32.1. The lowest BCUT2D eigenvalue weighted by molar-refractivity contribution is -0.136.